The predicted molar refractivity (Wildman–Crippen MR) is 137 cm³/mol. The smallest absolute Gasteiger partial charge is 0.460 e. The van der Waals surface area contributed by atoms with Crippen LogP contribution in [0.3, 0.4) is 0 Å². The molecule has 0 amide bonds. The van der Waals surface area contributed by atoms with Crippen molar-refractivity contribution in [3.8, 4) is 0 Å². The lowest BCUT2D eigenvalue weighted by Gasteiger charge is -2.20. The molecule has 0 rings (SSSR count). The van der Waals surface area contributed by atoms with Crippen molar-refractivity contribution >= 4 is 18.3 Å². The van der Waals surface area contributed by atoms with E-state index in [1.54, 1.807) is 6.92 Å². The van der Waals surface area contributed by atoms with Gasteiger partial charge in [0.05, 0.1) is 26.4 Å². The summed E-state index contributed by atoms with van der Waals surface area (Å²) in [5.74, 6) is 0.0311. The molecule has 3 atom stereocenters. The average molecular weight is 517 g/mol. The van der Waals surface area contributed by atoms with Gasteiger partial charge < -0.3 is 28.4 Å². The van der Waals surface area contributed by atoms with Crippen LogP contribution in [-0.2, 0) is 33.2 Å². The fourth-order valence-electron chi connectivity index (χ4n) is 3.19. The van der Waals surface area contributed by atoms with E-state index in [1.165, 1.54) is 0 Å². The highest BCUT2D eigenvalue weighted by Gasteiger charge is 2.21. The highest BCUT2D eigenvalue weighted by atomic mass is 16.8. The van der Waals surface area contributed by atoms with Crippen LogP contribution in [0.15, 0.2) is 12.2 Å². The molecular weight excluding hydrogens is 468 g/mol. The topological polar surface area (TPSA) is 107 Å². The quantitative estimate of drug-likeness (QED) is 0.0759. The number of esters is 1. The molecule has 0 radical (unpaired) electrons. The summed E-state index contributed by atoms with van der Waals surface area (Å²) in [5, 5.41) is 0. The average Bonchev–Trinajstić information content (AvgIpc) is 2.86. The maximum absolute atomic E-state index is 12.2. The van der Waals surface area contributed by atoms with Crippen molar-refractivity contribution < 1.29 is 42.8 Å². The highest BCUT2D eigenvalue weighted by molar-refractivity contribution is 5.86. The van der Waals surface area contributed by atoms with Gasteiger partial charge in [-0.3, -0.25) is 0 Å². The lowest BCUT2D eigenvalue weighted by molar-refractivity contribution is -0.141. The molecule has 0 N–H and O–H groups in total. The summed E-state index contributed by atoms with van der Waals surface area (Å²) >= 11 is 0. The zero-order chi connectivity index (χ0) is 27.2. The van der Waals surface area contributed by atoms with Crippen LogP contribution in [0.25, 0.3) is 0 Å². The first-order chi connectivity index (χ1) is 17.3. The summed E-state index contributed by atoms with van der Waals surface area (Å²) in [6.45, 7) is 13.7. The van der Waals surface area contributed by atoms with Crippen LogP contribution in [0.1, 0.15) is 86.0 Å². The van der Waals surface area contributed by atoms with E-state index < -0.39 is 24.4 Å². The van der Waals surface area contributed by atoms with Crippen LogP contribution in [0.4, 0.5) is 9.59 Å². The molecule has 0 aliphatic carbocycles. The van der Waals surface area contributed by atoms with Gasteiger partial charge in [0.1, 0.15) is 13.2 Å². The Morgan fingerprint density at radius 2 is 1.22 bits per heavy atom. The standard InChI is InChI=1S/C27H48O9/c1-7-11-13-22(9-3)17-33-26(29)35-20-24(19-31-15-16-32-25(28)21(5)6)36-27(30)34-18-23(10-4)14-12-8-2/h22-24H,5,7-20H2,1-4,6H3. The van der Waals surface area contributed by atoms with Crippen LogP contribution in [0.2, 0.25) is 0 Å². The molecule has 0 spiro atoms. The van der Waals surface area contributed by atoms with Crippen molar-refractivity contribution in [1.29, 1.82) is 0 Å². The van der Waals surface area contributed by atoms with Crippen molar-refractivity contribution in [2.24, 2.45) is 11.8 Å². The number of carbonyl (C=O) groups is 3. The van der Waals surface area contributed by atoms with Crippen molar-refractivity contribution in [3.05, 3.63) is 12.2 Å². The lowest BCUT2D eigenvalue weighted by atomic mass is 10.0. The minimum Gasteiger partial charge on any atom is -0.460 e. The Bertz CT molecular complexity index is 620. The minimum absolute atomic E-state index is 0.0114. The lowest BCUT2D eigenvalue weighted by Crippen LogP contribution is -2.31. The molecule has 9 heteroatoms. The summed E-state index contributed by atoms with van der Waals surface area (Å²) in [6, 6.07) is 0. The van der Waals surface area contributed by atoms with Gasteiger partial charge >= 0.3 is 18.3 Å². The molecule has 3 unspecified atom stereocenters. The first-order valence-corrected chi connectivity index (χ1v) is 13.3. The van der Waals surface area contributed by atoms with Crippen LogP contribution in [0.5, 0.6) is 0 Å². The van der Waals surface area contributed by atoms with Crippen molar-refractivity contribution in [2.75, 3.05) is 39.6 Å². The second-order valence-electron chi connectivity index (χ2n) is 9.00. The predicted octanol–water partition coefficient (Wildman–Crippen LogP) is 6.23. The molecular formula is C27H48O9. The zero-order valence-corrected chi connectivity index (χ0v) is 23.0. The molecule has 0 aliphatic heterocycles. The summed E-state index contributed by atoms with van der Waals surface area (Å²) in [5.41, 5.74) is 0.287. The van der Waals surface area contributed by atoms with E-state index >= 15 is 0 Å². The van der Waals surface area contributed by atoms with E-state index in [0.717, 1.165) is 51.4 Å². The molecule has 36 heavy (non-hydrogen) atoms. The molecule has 0 aliphatic rings. The SMILES string of the molecule is C=C(C)C(=O)OCCOCC(COC(=O)OCC(CC)CCCC)OC(=O)OCC(CC)CCCC. The second kappa shape index (κ2) is 21.9. The summed E-state index contributed by atoms with van der Waals surface area (Å²) in [4.78, 5) is 35.8. The molecule has 0 saturated heterocycles. The molecule has 0 heterocycles. The van der Waals surface area contributed by atoms with E-state index in [-0.39, 0.29) is 57.1 Å². The van der Waals surface area contributed by atoms with Crippen molar-refractivity contribution in [2.45, 2.75) is 92.1 Å². The monoisotopic (exact) mass is 516 g/mol. The maximum atomic E-state index is 12.2. The number of hydrogen-bond acceptors (Lipinski definition) is 9. The van der Waals surface area contributed by atoms with Crippen LogP contribution in [-0.4, -0.2) is 64.0 Å². The Balaban J connectivity index is 4.67. The van der Waals surface area contributed by atoms with Crippen LogP contribution in [0, 0.1) is 11.8 Å². The Labute approximate surface area is 217 Å². The number of unbranched alkanes of at least 4 members (excludes halogenated alkanes) is 2. The van der Waals surface area contributed by atoms with Gasteiger partial charge in [-0.1, -0.05) is 72.8 Å². The van der Waals surface area contributed by atoms with Crippen molar-refractivity contribution in [1.82, 2.24) is 0 Å². The minimum atomic E-state index is -0.903. The maximum Gasteiger partial charge on any atom is 0.508 e. The van der Waals surface area contributed by atoms with Crippen LogP contribution >= 0.6 is 0 Å². The third kappa shape index (κ3) is 18.0. The Hall–Kier alpha value is -2.29. The first-order valence-electron chi connectivity index (χ1n) is 13.3. The normalized spacial score (nSPS) is 13.2. The molecule has 0 bridgehead atoms. The molecule has 210 valence electrons. The second-order valence-corrected chi connectivity index (χ2v) is 9.00. The molecule has 0 saturated carbocycles. The number of ether oxygens (including phenoxy) is 6. The van der Waals surface area contributed by atoms with Gasteiger partial charge in [-0.15, -0.1) is 0 Å². The fourth-order valence-corrected chi connectivity index (χ4v) is 3.19. The first kappa shape index (κ1) is 33.7. The third-order valence-electron chi connectivity index (χ3n) is 5.72. The van der Waals surface area contributed by atoms with Gasteiger partial charge in [-0.05, 0) is 31.6 Å². The number of carbonyl (C=O) groups excluding carboxylic acids is 3. The van der Waals surface area contributed by atoms with E-state index in [4.69, 9.17) is 28.4 Å². The van der Waals surface area contributed by atoms with E-state index in [1.807, 2.05) is 0 Å². The van der Waals surface area contributed by atoms with E-state index in [9.17, 15) is 14.4 Å². The highest BCUT2D eigenvalue weighted by Crippen LogP contribution is 2.14. The molecule has 0 aromatic carbocycles. The molecule has 9 nitrogen and oxygen atoms in total. The summed E-state index contributed by atoms with van der Waals surface area (Å²) in [7, 11) is 0. The van der Waals surface area contributed by atoms with Gasteiger partial charge in [-0.25, -0.2) is 14.4 Å². The van der Waals surface area contributed by atoms with Crippen LogP contribution < -0.4 is 0 Å². The zero-order valence-electron chi connectivity index (χ0n) is 23.0. The molecule has 0 aromatic heterocycles. The summed E-state index contributed by atoms with van der Waals surface area (Å²) < 4.78 is 31.4. The Morgan fingerprint density at radius 1 is 0.694 bits per heavy atom. The number of hydrogen-bond donors (Lipinski definition) is 0. The Morgan fingerprint density at radius 3 is 1.72 bits per heavy atom. The third-order valence-corrected chi connectivity index (χ3v) is 5.72. The van der Waals surface area contributed by atoms with Crippen molar-refractivity contribution in [3.63, 3.8) is 0 Å². The van der Waals surface area contributed by atoms with Gasteiger partial charge in [0.2, 0.25) is 0 Å². The fraction of sp³-hybridized carbons (Fsp3) is 0.815. The van der Waals surface area contributed by atoms with E-state index in [0.29, 0.717) is 0 Å². The summed E-state index contributed by atoms with van der Waals surface area (Å²) in [6.07, 6.45) is 5.48. The number of rotatable bonds is 21. The van der Waals surface area contributed by atoms with Gasteiger partial charge in [0, 0.05) is 5.57 Å². The van der Waals surface area contributed by atoms with Gasteiger partial charge in [-0.2, -0.15) is 0 Å². The van der Waals surface area contributed by atoms with Gasteiger partial charge in [0.15, 0.2) is 6.10 Å². The van der Waals surface area contributed by atoms with Gasteiger partial charge in [0.25, 0.3) is 0 Å². The largest absolute Gasteiger partial charge is 0.508 e. The Kier molecular flexibility index (Phi) is 20.6. The van der Waals surface area contributed by atoms with E-state index in [2.05, 4.69) is 34.3 Å². The molecule has 0 fully saturated rings. The molecule has 0 aromatic rings.